The van der Waals surface area contributed by atoms with Gasteiger partial charge in [-0.2, -0.15) is 5.11 Å². The molecule has 0 spiro atoms. The summed E-state index contributed by atoms with van der Waals surface area (Å²) in [4.78, 5) is 13.0. The van der Waals surface area contributed by atoms with Crippen LogP contribution in [0.1, 0.15) is 10.4 Å². The largest absolute Gasteiger partial charge is 0.872 e. The Bertz CT molecular complexity index is 917. The zero-order valence-electron chi connectivity index (χ0n) is 14.2. The molecule has 0 bridgehead atoms. The molecule has 0 saturated heterocycles. The number of hydrogen-bond donors (Lipinski definition) is 3. The average Bonchev–Trinajstić information content (AvgIpc) is 2.62. The maximum atomic E-state index is 10.7. The molecule has 3 rings (SSSR count). The molecule has 0 atom stereocenters. The molecule has 3 aromatic rings. The predicted octanol–water partition coefficient (Wildman–Crippen LogP) is 1.71. The number of benzene rings is 2. The highest BCUT2D eigenvalue weighted by atomic mass is 16.4. The molecule has 0 unspecified atom stereocenters. The van der Waals surface area contributed by atoms with Gasteiger partial charge >= 0.3 is 5.97 Å². The molecule has 0 saturated carbocycles. The van der Waals surface area contributed by atoms with Gasteiger partial charge in [0, 0.05) is 6.07 Å². The number of aromatic amines is 1. The van der Waals surface area contributed by atoms with Gasteiger partial charge < -0.3 is 27.2 Å². The Hall–Kier alpha value is -3.98. The Balaban J connectivity index is 0.000000288. The van der Waals surface area contributed by atoms with Crippen molar-refractivity contribution in [1.82, 2.24) is 0 Å². The van der Waals surface area contributed by atoms with Crippen molar-refractivity contribution >= 4 is 29.0 Å². The van der Waals surface area contributed by atoms with E-state index in [0.29, 0.717) is 17.3 Å². The minimum Gasteiger partial charge on any atom is -0.872 e. The molecular weight excluding hydrogens is 350 g/mol. The van der Waals surface area contributed by atoms with Crippen LogP contribution in [0.25, 0.3) is 0 Å². The van der Waals surface area contributed by atoms with Gasteiger partial charge in [0.15, 0.2) is 5.69 Å². The Kier molecular flexibility index (Phi) is 7.89. The number of pyridine rings is 1. The first-order valence-corrected chi connectivity index (χ1v) is 7.51. The predicted molar refractivity (Wildman–Crippen MR) is 98.9 cm³/mol. The number of anilines is 2. The third-order valence-corrected chi connectivity index (χ3v) is 3.12. The van der Waals surface area contributed by atoms with E-state index in [1.807, 2.05) is 30.3 Å². The topological polar surface area (TPSA) is 183 Å². The number of nitrogens with two attached hydrogens (primary N) is 2. The molecule has 8 N–H and O–H groups in total. The van der Waals surface area contributed by atoms with E-state index in [2.05, 4.69) is 15.2 Å². The highest BCUT2D eigenvalue weighted by Gasteiger charge is 2.02. The van der Waals surface area contributed by atoms with Gasteiger partial charge in [0.05, 0.1) is 11.3 Å². The summed E-state index contributed by atoms with van der Waals surface area (Å²) in [6.07, 6.45) is 0. The summed E-state index contributed by atoms with van der Waals surface area (Å²) in [7, 11) is 0. The number of nitrogens with zero attached hydrogens (tertiary/aromatic N) is 2. The number of nitrogen functional groups attached to an aromatic ring is 2. The van der Waals surface area contributed by atoms with Crippen molar-refractivity contribution in [3.05, 3.63) is 72.3 Å². The molecule has 0 aliphatic heterocycles. The second-order valence-electron chi connectivity index (χ2n) is 5.05. The minimum atomic E-state index is -1.18. The third-order valence-electron chi connectivity index (χ3n) is 3.12. The Labute approximate surface area is 154 Å². The summed E-state index contributed by atoms with van der Waals surface area (Å²) >= 11 is 0. The first-order chi connectivity index (χ1) is 12.5. The molecule has 9 heteroatoms. The zero-order chi connectivity index (χ0) is 18.9. The van der Waals surface area contributed by atoms with Crippen LogP contribution < -0.4 is 21.6 Å². The van der Waals surface area contributed by atoms with Gasteiger partial charge in [0.25, 0.3) is 0 Å². The summed E-state index contributed by atoms with van der Waals surface area (Å²) in [5.74, 6) is -0.726. The van der Waals surface area contributed by atoms with Crippen LogP contribution in [0, 0.1) is 0 Å². The fraction of sp³-hybridized carbons (Fsp3) is 0. The van der Waals surface area contributed by atoms with E-state index in [4.69, 9.17) is 16.6 Å². The molecule has 0 aliphatic rings. The number of azo groups is 1. The van der Waals surface area contributed by atoms with Crippen LogP contribution in [0.3, 0.4) is 0 Å². The fourth-order valence-electron chi connectivity index (χ4n) is 1.86. The van der Waals surface area contributed by atoms with Crippen molar-refractivity contribution in [3.63, 3.8) is 0 Å². The lowest BCUT2D eigenvalue weighted by molar-refractivity contribution is -0.341. The third kappa shape index (κ3) is 6.44. The number of para-hydroxylation sites is 1. The first kappa shape index (κ1) is 21.1. The Morgan fingerprint density at radius 2 is 1.56 bits per heavy atom. The van der Waals surface area contributed by atoms with Gasteiger partial charge in [-0.15, -0.1) is 5.11 Å². The molecule has 0 amide bonds. The molecule has 1 aromatic heterocycles. The van der Waals surface area contributed by atoms with Gasteiger partial charge in [-0.25, -0.2) is 9.78 Å². The van der Waals surface area contributed by atoms with Crippen LogP contribution in [0.5, 0.6) is 5.75 Å². The lowest BCUT2D eigenvalue weighted by atomic mass is 10.2. The first-order valence-electron chi connectivity index (χ1n) is 7.51. The lowest BCUT2D eigenvalue weighted by Gasteiger charge is -2.07. The van der Waals surface area contributed by atoms with Crippen LogP contribution in [0.4, 0.5) is 23.0 Å². The number of nitrogens with one attached hydrogen (secondary N) is 1. The van der Waals surface area contributed by atoms with E-state index in [-0.39, 0.29) is 11.0 Å². The maximum absolute atomic E-state index is 10.7. The van der Waals surface area contributed by atoms with E-state index in [0.717, 1.165) is 5.69 Å². The van der Waals surface area contributed by atoms with E-state index < -0.39 is 11.7 Å². The van der Waals surface area contributed by atoms with E-state index in [1.165, 1.54) is 24.3 Å². The smallest absolute Gasteiger partial charge is 0.335 e. The number of H-pyrrole nitrogens is 1. The molecule has 140 valence electrons. The molecule has 0 fully saturated rings. The fourth-order valence-corrected chi connectivity index (χ4v) is 1.86. The highest BCUT2D eigenvalue weighted by molar-refractivity contribution is 5.90. The number of aromatic nitrogens is 1. The SMILES string of the molecule is Nc1ccc(N=Nc2ccccc2)c(N)[nH+]1.O.O=C(O)c1ccccc1[O-]. The quantitative estimate of drug-likeness (QED) is 0.592. The number of hydrogen-bond acceptors (Lipinski definition) is 6. The van der Waals surface area contributed by atoms with Crippen LogP contribution in [-0.2, 0) is 0 Å². The second-order valence-corrected chi connectivity index (χ2v) is 5.05. The van der Waals surface area contributed by atoms with Gasteiger partial charge in [-0.05, 0) is 24.3 Å². The molecule has 0 radical (unpaired) electrons. The summed E-state index contributed by atoms with van der Waals surface area (Å²) < 4.78 is 0. The van der Waals surface area contributed by atoms with Gasteiger partial charge in [-0.3, -0.25) is 0 Å². The van der Waals surface area contributed by atoms with Gasteiger partial charge in [0.2, 0.25) is 11.6 Å². The van der Waals surface area contributed by atoms with Crippen LogP contribution in [0.2, 0.25) is 0 Å². The standard InChI is InChI=1S/C11H11N5.C7H6O3.H2O/c12-10-7-6-9(11(13)14-10)16-15-8-4-2-1-3-5-8;8-6-4-2-1-3-5(6)7(9)10;/h1-7H,(H4,12,13,14);1-4,8H,(H,9,10);1H2. The molecular formula is C18H19N5O4. The Morgan fingerprint density at radius 1 is 0.926 bits per heavy atom. The van der Waals surface area contributed by atoms with Crippen LogP contribution in [0.15, 0.2) is 77.0 Å². The molecule has 9 nitrogen and oxygen atoms in total. The number of carboxylic acids is 1. The van der Waals surface area contributed by atoms with Crippen LogP contribution >= 0.6 is 0 Å². The van der Waals surface area contributed by atoms with Crippen molar-refractivity contribution in [3.8, 4) is 5.75 Å². The van der Waals surface area contributed by atoms with Crippen LogP contribution in [-0.4, -0.2) is 16.6 Å². The van der Waals surface area contributed by atoms with Crippen molar-refractivity contribution in [2.24, 2.45) is 10.2 Å². The normalized spacial score (nSPS) is 9.78. The van der Waals surface area contributed by atoms with Gasteiger partial charge in [-0.1, -0.05) is 42.1 Å². The number of carbonyl (C=O) groups is 1. The Morgan fingerprint density at radius 3 is 2.11 bits per heavy atom. The average molecular weight is 369 g/mol. The monoisotopic (exact) mass is 369 g/mol. The van der Waals surface area contributed by atoms with Crippen molar-refractivity contribution in [1.29, 1.82) is 0 Å². The second kappa shape index (κ2) is 10.1. The molecule has 2 aromatic carbocycles. The van der Waals surface area contributed by atoms with E-state index >= 15 is 0 Å². The van der Waals surface area contributed by atoms with E-state index in [9.17, 15) is 9.90 Å². The summed E-state index contributed by atoms with van der Waals surface area (Å²) in [6, 6.07) is 18.4. The molecule has 0 aliphatic carbocycles. The summed E-state index contributed by atoms with van der Waals surface area (Å²) in [5.41, 5.74) is 12.4. The number of aromatic carboxylic acids is 1. The van der Waals surface area contributed by atoms with Gasteiger partial charge in [0.1, 0.15) is 0 Å². The maximum Gasteiger partial charge on any atom is 0.335 e. The van der Waals surface area contributed by atoms with Crippen molar-refractivity contribution < 1.29 is 25.5 Å². The van der Waals surface area contributed by atoms with Crippen molar-refractivity contribution in [2.75, 3.05) is 11.5 Å². The summed E-state index contributed by atoms with van der Waals surface area (Å²) in [5, 5.41) is 27.1. The van der Waals surface area contributed by atoms with E-state index in [1.54, 1.807) is 12.1 Å². The number of rotatable bonds is 3. The highest BCUT2D eigenvalue weighted by Crippen LogP contribution is 2.21. The minimum absolute atomic E-state index is 0. The van der Waals surface area contributed by atoms with Crippen molar-refractivity contribution in [2.45, 2.75) is 0 Å². The molecule has 1 heterocycles. The zero-order valence-corrected chi connectivity index (χ0v) is 14.2. The lowest BCUT2D eigenvalue weighted by Crippen LogP contribution is -2.14. The summed E-state index contributed by atoms with van der Waals surface area (Å²) in [6.45, 7) is 0. The number of carboxylic acid groups (broad SMARTS) is 1. The molecule has 27 heavy (non-hydrogen) atoms.